The molecule has 3 rings (SSSR count). The van der Waals surface area contributed by atoms with Crippen LogP contribution in [-0.4, -0.2) is 16.7 Å². The molecule has 1 aromatic carbocycles. The van der Waals surface area contributed by atoms with Gasteiger partial charge in [0.15, 0.2) is 0 Å². The standard InChI is InChI=1S/C13H14FN3O2/c1-13(6-3-7-18-13)12-16-11(19-17-12)10-8(14)4-2-5-9(10)15/h2,4-5H,3,6-7,15H2,1H3. The van der Waals surface area contributed by atoms with E-state index in [1.807, 2.05) is 6.92 Å². The maximum atomic E-state index is 13.8. The molecule has 1 fully saturated rings. The number of rotatable bonds is 2. The van der Waals surface area contributed by atoms with Gasteiger partial charge in [-0.1, -0.05) is 11.2 Å². The Balaban J connectivity index is 2.02. The van der Waals surface area contributed by atoms with Crippen LogP contribution < -0.4 is 5.73 Å². The molecule has 1 unspecified atom stereocenters. The summed E-state index contributed by atoms with van der Waals surface area (Å²) in [5.74, 6) is 0.0395. The average molecular weight is 263 g/mol. The predicted molar refractivity (Wildman–Crippen MR) is 66.6 cm³/mol. The zero-order valence-electron chi connectivity index (χ0n) is 10.5. The zero-order chi connectivity index (χ0) is 13.5. The monoisotopic (exact) mass is 263 g/mol. The van der Waals surface area contributed by atoms with Crippen LogP contribution in [0.5, 0.6) is 0 Å². The van der Waals surface area contributed by atoms with Gasteiger partial charge in [0, 0.05) is 12.3 Å². The van der Waals surface area contributed by atoms with E-state index in [1.54, 1.807) is 6.07 Å². The molecule has 100 valence electrons. The van der Waals surface area contributed by atoms with Crippen molar-refractivity contribution in [1.82, 2.24) is 10.1 Å². The summed E-state index contributed by atoms with van der Waals surface area (Å²) in [6, 6.07) is 4.44. The fourth-order valence-corrected chi connectivity index (χ4v) is 2.26. The summed E-state index contributed by atoms with van der Waals surface area (Å²) >= 11 is 0. The second-order valence-corrected chi connectivity index (χ2v) is 4.81. The number of benzene rings is 1. The van der Waals surface area contributed by atoms with Crippen LogP contribution in [0.1, 0.15) is 25.6 Å². The topological polar surface area (TPSA) is 74.2 Å². The molecule has 1 aromatic heterocycles. The molecule has 2 aromatic rings. The van der Waals surface area contributed by atoms with Gasteiger partial charge in [0.1, 0.15) is 11.4 Å². The number of nitrogens with zero attached hydrogens (tertiary/aromatic N) is 2. The molecule has 0 bridgehead atoms. The Kier molecular flexibility index (Phi) is 2.74. The molecular formula is C13H14FN3O2. The summed E-state index contributed by atoms with van der Waals surface area (Å²) in [4.78, 5) is 4.23. The van der Waals surface area contributed by atoms with E-state index in [0.29, 0.717) is 12.4 Å². The summed E-state index contributed by atoms with van der Waals surface area (Å²) in [6.45, 7) is 2.57. The third kappa shape index (κ3) is 1.98. The highest BCUT2D eigenvalue weighted by Crippen LogP contribution is 2.35. The van der Waals surface area contributed by atoms with Gasteiger partial charge in [-0.15, -0.1) is 0 Å². The first kappa shape index (κ1) is 12.1. The summed E-state index contributed by atoms with van der Waals surface area (Å²) < 4.78 is 24.5. The van der Waals surface area contributed by atoms with E-state index >= 15 is 0 Å². The quantitative estimate of drug-likeness (QED) is 0.842. The van der Waals surface area contributed by atoms with E-state index in [-0.39, 0.29) is 17.1 Å². The van der Waals surface area contributed by atoms with Crippen molar-refractivity contribution in [3.63, 3.8) is 0 Å². The number of aromatic nitrogens is 2. The first-order valence-corrected chi connectivity index (χ1v) is 6.13. The van der Waals surface area contributed by atoms with Gasteiger partial charge in [0.25, 0.3) is 5.89 Å². The smallest absolute Gasteiger partial charge is 0.263 e. The molecule has 1 aliphatic rings. The van der Waals surface area contributed by atoms with Gasteiger partial charge in [-0.3, -0.25) is 0 Å². The van der Waals surface area contributed by atoms with Gasteiger partial charge in [0.2, 0.25) is 5.82 Å². The number of ether oxygens (including phenoxy) is 1. The first-order chi connectivity index (χ1) is 9.10. The Morgan fingerprint density at radius 1 is 1.42 bits per heavy atom. The van der Waals surface area contributed by atoms with E-state index in [4.69, 9.17) is 15.0 Å². The molecule has 6 heteroatoms. The van der Waals surface area contributed by atoms with Crippen LogP contribution in [0.4, 0.5) is 10.1 Å². The SMILES string of the molecule is CC1(c2noc(-c3c(N)cccc3F)n2)CCCO1. The zero-order valence-corrected chi connectivity index (χ0v) is 10.5. The molecule has 2 N–H and O–H groups in total. The van der Waals surface area contributed by atoms with Crippen molar-refractivity contribution in [2.24, 2.45) is 0 Å². The predicted octanol–water partition coefficient (Wildman–Crippen LogP) is 2.48. The van der Waals surface area contributed by atoms with Gasteiger partial charge in [-0.25, -0.2) is 4.39 Å². The summed E-state index contributed by atoms with van der Waals surface area (Å²) in [5, 5.41) is 3.90. The third-order valence-corrected chi connectivity index (χ3v) is 3.38. The second-order valence-electron chi connectivity index (χ2n) is 4.81. The molecule has 1 aliphatic heterocycles. The number of anilines is 1. The van der Waals surface area contributed by atoms with Crippen molar-refractivity contribution in [2.45, 2.75) is 25.4 Å². The second kappa shape index (κ2) is 4.31. The van der Waals surface area contributed by atoms with Gasteiger partial charge in [0.05, 0.1) is 5.56 Å². The molecule has 5 nitrogen and oxygen atoms in total. The molecule has 0 aliphatic carbocycles. The minimum atomic E-state index is -0.554. The highest BCUT2D eigenvalue weighted by Gasteiger charge is 2.37. The normalized spacial score (nSPS) is 22.8. The van der Waals surface area contributed by atoms with Crippen molar-refractivity contribution >= 4 is 5.69 Å². The van der Waals surface area contributed by atoms with Crippen LogP contribution in [0.15, 0.2) is 22.7 Å². The van der Waals surface area contributed by atoms with E-state index in [0.717, 1.165) is 12.8 Å². The number of hydrogen-bond acceptors (Lipinski definition) is 5. The summed E-state index contributed by atoms with van der Waals surface area (Å²) in [5.41, 5.74) is 5.61. The maximum absolute atomic E-state index is 13.8. The molecule has 0 radical (unpaired) electrons. The van der Waals surface area contributed by atoms with Crippen LogP contribution in [0.2, 0.25) is 0 Å². The molecule has 1 atom stereocenters. The van der Waals surface area contributed by atoms with Gasteiger partial charge >= 0.3 is 0 Å². The fourth-order valence-electron chi connectivity index (χ4n) is 2.26. The molecule has 0 spiro atoms. The lowest BCUT2D eigenvalue weighted by atomic mass is 10.0. The van der Waals surface area contributed by atoms with Crippen molar-refractivity contribution < 1.29 is 13.7 Å². The van der Waals surface area contributed by atoms with Crippen LogP contribution >= 0.6 is 0 Å². The Hall–Kier alpha value is -1.95. The summed E-state index contributed by atoms with van der Waals surface area (Å²) in [6.07, 6.45) is 1.76. The highest BCUT2D eigenvalue weighted by molar-refractivity contribution is 5.70. The molecule has 0 saturated carbocycles. The molecule has 2 heterocycles. The molecule has 0 amide bonds. The minimum Gasteiger partial charge on any atom is -0.398 e. The number of halogens is 1. The van der Waals surface area contributed by atoms with Crippen molar-refractivity contribution in [3.05, 3.63) is 29.8 Å². The fraction of sp³-hybridized carbons (Fsp3) is 0.385. The lowest BCUT2D eigenvalue weighted by Crippen LogP contribution is -2.21. The van der Waals surface area contributed by atoms with Crippen LogP contribution in [0, 0.1) is 5.82 Å². The Morgan fingerprint density at radius 3 is 2.95 bits per heavy atom. The van der Waals surface area contributed by atoms with Crippen LogP contribution in [-0.2, 0) is 10.3 Å². The molecular weight excluding hydrogens is 249 g/mol. The van der Waals surface area contributed by atoms with Crippen LogP contribution in [0.25, 0.3) is 11.5 Å². The number of hydrogen-bond donors (Lipinski definition) is 1. The lowest BCUT2D eigenvalue weighted by molar-refractivity contribution is 0.00768. The largest absolute Gasteiger partial charge is 0.398 e. The average Bonchev–Trinajstić information content (AvgIpc) is 2.99. The molecule has 19 heavy (non-hydrogen) atoms. The summed E-state index contributed by atoms with van der Waals surface area (Å²) in [7, 11) is 0. The van der Waals surface area contributed by atoms with Crippen molar-refractivity contribution in [1.29, 1.82) is 0 Å². The van der Waals surface area contributed by atoms with Crippen LogP contribution in [0.3, 0.4) is 0 Å². The molecule has 1 saturated heterocycles. The van der Waals surface area contributed by atoms with Crippen molar-refractivity contribution in [3.8, 4) is 11.5 Å². The van der Waals surface area contributed by atoms with Gasteiger partial charge < -0.3 is 15.0 Å². The van der Waals surface area contributed by atoms with Gasteiger partial charge in [-0.05, 0) is 31.9 Å². The third-order valence-electron chi connectivity index (χ3n) is 3.38. The maximum Gasteiger partial charge on any atom is 0.263 e. The minimum absolute atomic E-state index is 0.0855. The highest BCUT2D eigenvalue weighted by atomic mass is 19.1. The Morgan fingerprint density at radius 2 is 2.26 bits per heavy atom. The van der Waals surface area contributed by atoms with E-state index in [9.17, 15) is 4.39 Å². The van der Waals surface area contributed by atoms with Gasteiger partial charge in [-0.2, -0.15) is 4.98 Å². The van der Waals surface area contributed by atoms with E-state index in [1.165, 1.54) is 12.1 Å². The van der Waals surface area contributed by atoms with E-state index < -0.39 is 11.4 Å². The lowest BCUT2D eigenvalue weighted by Gasteiger charge is -2.17. The van der Waals surface area contributed by atoms with Crippen molar-refractivity contribution in [2.75, 3.05) is 12.3 Å². The number of nitrogens with two attached hydrogens (primary N) is 1. The van der Waals surface area contributed by atoms with E-state index in [2.05, 4.69) is 10.1 Å². The number of nitrogen functional groups attached to an aromatic ring is 1. The Labute approximate surface area is 109 Å². The Bertz CT molecular complexity index is 585. The first-order valence-electron chi connectivity index (χ1n) is 6.13.